The number of hydrogen-bond donors (Lipinski definition) is 0. The van der Waals surface area contributed by atoms with E-state index in [4.69, 9.17) is 0 Å². The highest BCUT2D eigenvalue weighted by Gasteiger charge is 2.26. The molecule has 0 saturated carbocycles. The highest BCUT2D eigenvalue weighted by atomic mass is 14.3. The second-order valence-corrected chi connectivity index (χ2v) is 5.72. The van der Waals surface area contributed by atoms with E-state index in [1.54, 1.807) is 5.92 Å². The minimum Gasteiger partial charge on any atom is -0.0651 e. The molecule has 1 rings (SSSR count). The fourth-order valence-electron chi connectivity index (χ4n) is 2.60. The van der Waals surface area contributed by atoms with Gasteiger partial charge in [0.05, 0.1) is 0 Å². The second kappa shape index (κ2) is 7.61. The van der Waals surface area contributed by atoms with Crippen molar-refractivity contribution in [1.82, 2.24) is 0 Å². The Morgan fingerprint density at radius 3 is 2.06 bits per heavy atom. The van der Waals surface area contributed by atoms with Crippen LogP contribution in [-0.2, 0) is 6.42 Å². The third kappa shape index (κ3) is 4.15. The predicted octanol–water partition coefficient (Wildman–Crippen LogP) is 5.53. The van der Waals surface area contributed by atoms with Crippen LogP contribution in [0.2, 0.25) is 0 Å². The zero-order valence-electron chi connectivity index (χ0n) is 12.7. The Hall–Kier alpha value is -0.780. The highest BCUT2D eigenvalue weighted by Crippen LogP contribution is 2.35. The van der Waals surface area contributed by atoms with E-state index in [1.165, 1.54) is 18.4 Å². The minimum atomic E-state index is 0.727. The van der Waals surface area contributed by atoms with Gasteiger partial charge in [0.1, 0.15) is 0 Å². The molecule has 0 nitrogen and oxygen atoms in total. The van der Waals surface area contributed by atoms with Gasteiger partial charge >= 0.3 is 0 Å². The first-order chi connectivity index (χ1) is 8.60. The maximum Gasteiger partial charge on any atom is -0.0138 e. The molecule has 0 spiro atoms. The molecule has 1 aromatic rings. The van der Waals surface area contributed by atoms with Gasteiger partial charge in [-0.2, -0.15) is 0 Å². The Kier molecular flexibility index (Phi) is 6.46. The molecule has 0 aliphatic heterocycles. The molecule has 0 fully saturated rings. The van der Waals surface area contributed by atoms with Crippen molar-refractivity contribution in [3.63, 3.8) is 0 Å². The molecule has 1 aromatic carbocycles. The van der Waals surface area contributed by atoms with Crippen LogP contribution in [0.15, 0.2) is 30.3 Å². The molecule has 0 aliphatic carbocycles. The van der Waals surface area contributed by atoms with E-state index >= 15 is 0 Å². The van der Waals surface area contributed by atoms with Crippen molar-refractivity contribution in [3.8, 4) is 0 Å². The molecule has 0 aromatic heterocycles. The number of benzene rings is 1. The van der Waals surface area contributed by atoms with Crippen molar-refractivity contribution in [1.29, 1.82) is 0 Å². The molecule has 0 saturated heterocycles. The zero-order chi connectivity index (χ0) is 13.5. The lowest BCUT2D eigenvalue weighted by atomic mass is 9.72. The van der Waals surface area contributed by atoms with Crippen LogP contribution in [-0.4, -0.2) is 0 Å². The molecule has 0 heterocycles. The summed E-state index contributed by atoms with van der Waals surface area (Å²) in [5, 5.41) is 0. The summed E-state index contributed by atoms with van der Waals surface area (Å²) < 4.78 is 0. The zero-order valence-corrected chi connectivity index (χ0v) is 12.7. The lowest BCUT2D eigenvalue weighted by molar-refractivity contribution is 0.328. The summed E-state index contributed by atoms with van der Waals surface area (Å²) in [6.07, 6.45) is 3.68. The molecule has 0 bridgehead atoms. The third-order valence-corrected chi connectivity index (χ3v) is 4.58. The maximum absolute atomic E-state index is 2.42. The minimum absolute atomic E-state index is 0.727. The molecule has 0 heteroatoms. The van der Waals surface area contributed by atoms with Gasteiger partial charge in [-0.3, -0.25) is 0 Å². The van der Waals surface area contributed by atoms with E-state index in [-0.39, 0.29) is 0 Å². The highest BCUT2D eigenvalue weighted by molar-refractivity contribution is 5.20. The van der Waals surface area contributed by atoms with Gasteiger partial charge in [-0.1, -0.05) is 77.8 Å². The lowest BCUT2D eigenvalue weighted by Gasteiger charge is -2.32. The normalized spacial score (nSPS) is 16.6. The third-order valence-electron chi connectivity index (χ3n) is 4.58. The van der Waals surface area contributed by atoms with Crippen LogP contribution >= 0.6 is 0 Å². The summed E-state index contributed by atoms with van der Waals surface area (Å²) in [5.74, 6) is 3.98. The standard InChI is InChI=1S/C18H29/c1-6-14(3)16(5)18(15(4)7-2)13-17-11-9-8-10-12-17/h8-12,14-16H,6-7,13H2,1-5H3. The molecule has 0 N–H and O–H groups in total. The van der Waals surface area contributed by atoms with Crippen LogP contribution in [0.4, 0.5) is 0 Å². The Morgan fingerprint density at radius 2 is 1.56 bits per heavy atom. The number of rotatable bonds is 7. The Morgan fingerprint density at radius 1 is 0.944 bits per heavy atom. The summed E-state index contributed by atoms with van der Waals surface area (Å²) in [4.78, 5) is 0. The van der Waals surface area contributed by atoms with Crippen molar-refractivity contribution in [2.24, 2.45) is 17.8 Å². The van der Waals surface area contributed by atoms with Crippen LogP contribution in [0.25, 0.3) is 0 Å². The molecular formula is C18H29. The summed E-state index contributed by atoms with van der Waals surface area (Å²) in [6, 6.07) is 10.9. The average molecular weight is 245 g/mol. The van der Waals surface area contributed by atoms with Gasteiger partial charge in [0, 0.05) is 0 Å². The molecule has 0 amide bonds. The first kappa shape index (κ1) is 15.3. The molecule has 101 valence electrons. The van der Waals surface area contributed by atoms with Gasteiger partial charge in [-0.15, -0.1) is 0 Å². The molecule has 3 unspecified atom stereocenters. The van der Waals surface area contributed by atoms with Gasteiger partial charge in [0.15, 0.2) is 0 Å². The van der Waals surface area contributed by atoms with E-state index < -0.39 is 0 Å². The Labute approximate surface area is 114 Å². The van der Waals surface area contributed by atoms with Gasteiger partial charge < -0.3 is 0 Å². The monoisotopic (exact) mass is 245 g/mol. The molecule has 1 radical (unpaired) electrons. The van der Waals surface area contributed by atoms with Crippen molar-refractivity contribution < 1.29 is 0 Å². The van der Waals surface area contributed by atoms with E-state index in [0.29, 0.717) is 0 Å². The molecule has 3 atom stereocenters. The van der Waals surface area contributed by atoms with E-state index in [1.807, 2.05) is 0 Å². The van der Waals surface area contributed by atoms with Crippen molar-refractivity contribution in [2.45, 2.75) is 53.9 Å². The van der Waals surface area contributed by atoms with E-state index in [9.17, 15) is 0 Å². The fourth-order valence-corrected chi connectivity index (χ4v) is 2.60. The Balaban J connectivity index is 2.79. The first-order valence-corrected chi connectivity index (χ1v) is 7.49. The van der Waals surface area contributed by atoms with Gasteiger partial charge in [-0.05, 0) is 35.7 Å². The van der Waals surface area contributed by atoms with E-state index in [2.05, 4.69) is 65.0 Å². The largest absolute Gasteiger partial charge is 0.0651 e. The van der Waals surface area contributed by atoms with Gasteiger partial charge in [0.2, 0.25) is 0 Å². The van der Waals surface area contributed by atoms with Gasteiger partial charge in [0.25, 0.3) is 0 Å². The van der Waals surface area contributed by atoms with Gasteiger partial charge in [-0.25, -0.2) is 0 Å². The van der Waals surface area contributed by atoms with Crippen molar-refractivity contribution in [2.75, 3.05) is 0 Å². The number of hydrogen-bond acceptors (Lipinski definition) is 0. The van der Waals surface area contributed by atoms with Crippen LogP contribution in [0, 0.1) is 23.7 Å². The second-order valence-electron chi connectivity index (χ2n) is 5.72. The molecular weight excluding hydrogens is 216 g/mol. The Bertz CT molecular complexity index is 314. The maximum atomic E-state index is 2.42. The van der Waals surface area contributed by atoms with Crippen LogP contribution < -0.4 is 0 Å². The first-order valence-electron chi connectivity index (χ1n) is 7.49. The topological polar surface area (TPSA) is 0 Å². The van der Waals surface area contributed by atoms with E-state index in [0.717, 1.165) is 24.2 Å². The SMILES string of the molecule is CCC(C)[C](Cc1ccccc1)C(C)C(C)CC. The lowest BCUT2D eigenvalue weighted by Crippen LogP contribution is -2.24. The molecule has 18 heavy (non-hydrogen) atoms. The van der Waals surface area contributed by atoms with Crippen LogP contribution in [0.5, 0.6) is 0 Å². The van der Waals surface area contributed by atoms with Crippen LogP contribution in [0.3, 0.4) is 0 Å². The summed E-state index contributed by atoms with van der Waals surface area (Å²) >= 11 is 0. The smallest absolute Gasteiger partial charge is 0.0138 e. The average Bonchev–Trinajstić information content (AvgIpc) is 2.43. The summed E-state index contributed by atoms with van der Waals surface area (Å²) in [7, 11) is 0. The predicted molar refractivity (Wildman–Crippen MR) is 81.5 cm³/mol. The molecule has 0 aliphatic rings. The van der Waals surface area contributed by atoms with Crippen LogP contribution in [0.1, 0.15) is 53.0 Å². The van der Waals surface area contributed by atoms with Crippen molar-refractivity contribution >= 4 is 0 Å². The fraction of sp³-hybridized carbons (Fsp3) is 0.611. The summed E-state index contributed by atoms with van der Waals surface area (Å²) in [5.41, 5.74) is 1.46. The summed E-state index contributed by atoms with van der Waals surface area (Å²) in [6.45, 7) is 11.8. The van der Waals surface area contributed by atoms with Crippen molar-refractivity contribution in [3.05, 3.63) is 41.8 Å². The quantitative estimate of drug-likeness (QED) is 0.592.